The lowest BCUT2D eigenvalue weighted by Gasteiger charge is -2.09. The van der Waals surface area contributed by atoms with Gasteiger partial charge in [-0.15, -0.1) is 12.4 Å². The number of hydrogen-bond donors (Lipinski definition) is 1. The largest absolute Gasteiger partial charge is 0.489 e. The summed E-state index contributed by atoms with van der Waals surface area (Å²) in [5, 5.41) is 4.63. The van der Waals surface area contributed by atoms with Crippen molar-refractivity contribution in [2.24, 2.45) is 7.05 Å². The van der Waals surface area contributed by atoms with E-state index in [4.69, 9.17) is 9.72 Å². The van der Waals surface area contributed by atoms with Gasteiger partial charge in [-0.3, -0.25) is 9.36 Å². The average Bonchev–Trinajstić information content (AvgIpc) is 2.92. The van der Waals surface area contributed by atoms with E-state index in [1.165, 1.54) is 22.7 Å². The molecule has 6 nitrogen and oxygen atoms in total. The van der Waals surface area contributed by atoms with Crippen LogP contribution in [0.2, 0.25) is 0 Å². The smallest absolute Gasteiger partial charge is 0.259 e. The quantitative estimate of drug-likeness (QED) is 0.532. The van der Waals surface area contributed by atoms with E-state index in [2.05, 4.69) is 23.0 Å². The highest BCUT2D eigenvalue weighted by Crippen LogP contribution is 2.27. The number of aromatic nitrogens is 3. The van der Waals surface area contributed by atoms with E-state index in [1.807, 2.05) is 42.5 Å². The van der Waals surface area contributed by atoms with Crippen molar-refractivity contribution in [1.82, 2.24) is 19.4 Å². The van der Waals surface area contributed by atoms with Gasteiger partial charge in [0.15, 0.2) is 0 Å². The molecule has 0 atom stereocenters. The number of benzene rings is 1. The molecule has 160 valence electrons. The molecule has 1 aromatic carbocycles. The van der Waals surface area contributed by atoms with Crippen LogP contribution >= 0.6 is 12.4 Å². The number of halogens is 1. The van der Waals surface area contributed by atoms with Crippen molar-refractivity contribution >= 4 is 23.4 Å². The van der Waals surface area contributed by atoms with Crippen LogP contribution in [0.15, 0.2) is 65.6 Å². The summed E-state index contributed by atoms with van der Waals surface area (Å²) < 4.78 is 9.51. The number of rotatable bonds is 4. The summed E-state index contributed by atoms with van der Waals surface area (Å²) in [5.41, 5.74) is 4.53. The molecule has 0 bridgehead atoms. The molecular formula is C24H25ClN4O2. The van der Waals surface area contributed by atoms with Gasteiger partial charge >= 0.3 is 0 Å². The zero-order chi connectivity index (χ0) is 20.5. The van der Waals surface area contributed by atoms with Gasteiger partial charge in [-0.1, -0.05) is 30.3 Å². The minimum atomic E-state index is -0.160. The summed E-state index contributed by atoms with van der Waals surface area (Å²) >= 11 is 0. The number of nitrogens with zero attached hydrogens (tertiary/aromatic N) is 3. The molecule has 5 rings (SSSR count). The topological polar surface area (TPSA) is 61.1 Å². The first-order valence-corrected chi connectivity index (χ1v) is 10.3. The molecule has 0 saturated carbocycles. The third-order valence-electron chi connectivity index (χ3n) is 5.73. The van der Waals surface area contributed by atoms with E-state index in [-0.39, 0.29) is 18.0 Å². The molecule has 4 aromatic rings. The Morgan fingerprint density at radius 2 is 1.87 bits per heavy atom. The number of nitrogens with one attached hydrogen (secondary N) is 1. The monoisotopic (exact) mass is 436 g/mol. The third kappa shape index (κ3) is 4.09. The number of pyridine rings is 2. The fraction of sp³-hybridized carbons (Fsp3) is 0.250. The highest BCUT2D eigenvalue weighted by Gasteiger charge is 2.18. The van der Waals surface area contributed by atoms with Crippen molar-refractivity contribution in [3.05, 3.63) is 88.0 Å². The highest BCUT2D eigenvalue weighted by atomic mass is 35.5. The Labute approximate surface area is 186 Å². The van der Waals surface area contributed by atoms with Gasteiger partial charge in [0.05, 0.1) is 0 Å². The summed E-state index contributed by atoms with van der Waals surface area (Å²) in [6.07, 6.45) is 3.72. The lowest BCUT2D eigenvalue weighted by molar-refractivity contribution is 0.305. The van der Waals surface area contributed by atoms with Crippen LogP contribution in [-0.2, 0) is 26.5 Å². The fourth-order valence-electron chi connectivity index (χ4n) is 4.17. The first-order valence-electron chi connectivity index (χ1n) is 10.3. The second kappa shape index (κ2) is 8.96. The van der Waals surface area contributed by atoms with E-state index >= 15 is 0 Å². The molecule has 0 saturated heterocycles. The van der Waals surface area contributed by atoms with Gasteiger partial charge in [0.25, 0.3) is 5.56 Å². The van der Waals surface area contributed by atoms with Crippen LogP contribution in [-0.4, -0.2) is 27.2 Å². The average molecular weight is 437 g/mol. The van der Waals surface area contributed by atoms with Gasteiger partial charge in [0, 0.05) is 43.4 Å². The van der Waals surface area contributed by atoms with Gasteiger partial charge in [0.2, 0.25) is 0 Å². The Hall–Kier alpha value is -3.09. The maximum atomic E-state index is 12.7. The van der Waals surface area contributed by atoms with Gasteiger partial charge in [-0.05, 0) is 42.3 Å². The first-order chi connectivity index (χ1) is 14.7. The minimum absolute atomic E-state index is 0. The molecule has 0 unspecified atom stereocenters. The maximum Gasteiger partial charge on any atom is 0.259 e. The summed E-state index contributed by atoms with van der Waals surface area (Å²) in [4.78, 5) is 17.6. The Kier molecular flexibility index (Phi) is 6.11. The van der Waals surface area contributed by atoms with E-state index < -0.39 is 0 Å². The Bertz CT molecular complexity index is 1260. The lowest BCUT2D eigenvalue weighted by Crippen LogP contribution is -2.18. The second-order valence-corrected chi connectivity index (χ2v) is 7.62. The summed E-state index contributed by atoms with van der Waals surface area (Å²) in [6.45, 7) is 2.39. The maximum absolute atomic E-state index is 12.7. The first kappa shape index (κ1) is 21.2. The lowest BCUT2D eigenvalue weighted by atomic mass is 10.1. The number of hydrogen-bond acceptors (Lipinski definition) is 4. The molecule has 0 aliphatic carbocycles. The predicted octanol–water partition coefficient (Wildman–Crippen LogP) is 3.41. The zero-order valence-electron chi connectivity index (χ0n) is 17.4. The van der Waals surface area contributed by atoms with Crippen LogP contribution < -0.4 is 15.6 Å². The molecule has 4 heterocycles. The van der Waals surface area contributed by atoms with Crippen molar-refractivity contribution in [3.8, 4) is 11.6 Å². The highest BCUT2D eigenvalue weighted by molar-refractivity contribution is 5.85. The molecule has 31 heavy (non-hydrogen) atoms. The molecule has 0 amide bonds. The van der Waals surface area contributed by atoms with E-state index in [9.17, 15) is 4.79 Å². The van der Waals surface area contributed by atoms with E-state index in [0.717, 1.165) is 37.1 Å². The van der Waals surface area contributed by atoms with Crippen LogP contribution in [0.25, 0.3) is 16.9 Å². The molecule has 0 radical (unpaired) electrons. The van der Waals surface area contributed by atoms with E-state index in [0.29, 0.717) is 18.2 Å². The van der Waals surface area contributed by atoms with Crippen molar-refractivity contribution in [1.29, 1.82) is 0 Å². The number of fused-ring (bicyclic) bond motifs is 3. The van der Waals surface area contributed by atoms with Crippen LogP contribution in [0.3, 0.4) is 0 Å². The molecule has 1 aliphatic rings. The van der Waals surface area contributed by atoms with Crippen molar-refractivity contribution in [2.75, 3.05) is 13.1 Å². The molecule has 7 heteroatoms. The summed E-state index contributed by atoms with van der Waals surface area (Å²) in [6, 6.07) is 17.2. The minimum Gasteiger partial charge on any atom is -0.489 e. The zero-order valence-corrected chi connectivity index (χ0v) is 18.2. The van der Waals surface area contributed by atoms with Crippen LogP contribution in [0.1, 0.15) is 16.8 Å². The van der Waals surface area contributed by atoms with Crippen molar-refractivity contribution in [3.63, 3.8) is 0 Å². The third-order valence-corrected chi connectivity index (χ3v) is 5.73. The van der Waals surface area contributed by atoms with Crippen molar-refractivity contribution < 1.29 is 4.74 Å². The van der Waals surface area contributed by atoms with Gasteiger partial charge in [-0.2, -0.15) is 0 Å². The molecule has 0 fully saturated rings. The normalized spacial score (nSPS) is 13.3. The van der Waals surface area contributed by atoms with Crippen molar-refractivity contribution in [2.45, 2.75) is 19.4 Å². The second-order valence-electron chi connectivity index (χ2n) is 7.62. The SMILES string of the molecule is Cl.Cn1c2c(c3ccc(-n4ccc(OCc5ccccc5)cc4=O)nc31)CCNCC2. The molecular weight excluding hydrogens is 412 g/mol. The van der Waals surface area contributed by atoms with Gasteiger partial charge in [0.1, 0.15) is 23.8 Å². The summed E-state index contributed by atoms with van der Waals surface area (Å²) in [5.74, 6) is 1.18. The van der Waals surface area contributed by atoms with Crippen LogP contribution in [0, 0.1) is 0 Å². The molecule has 0 spiro atoms. The fourth-order valence-corrected chi connectivity index (χ4v) is 4.17. The van der Waals surface area contributed by atoms with Crippen LogP contribution in [0.5, 0.6) is 5.75 Å². The van der Waals surface area contributed by atoms with Gasteiger partial charge in [-0.25, -0.2) is 4.98 Å². The molecule has 1 N–H and O–H groups in total. The Morgan fingerprint density at radius 1 is 1.06 bits per heavy atom. The molecule has 1 aliphatic heterocycles. The van der Waals surface area contributed by atoms with Gasteiger partial charge < -0.3 is 14.6 Å². The number of aryl methyl sites for hydroxylation is 1. The Morgan fingerprint density at radius 3 is 2.68 bits per heavy atom. The van der Waals surface area contributed by atoms with Crippen LogP contribution in [0.4, 0.5) is 0 Å². The summed E-state index contributed by atoms with van der Waals surface area (Å²) in [7, 11) is 2.06. The Balaban J connectivity index is 0.00000231. The molecule has 3 aromatic heterocycles. The predicted molar refractivity (Wildman–Crippen MR) is 125 cm³/mol. The standard InChI is InChI=1S/C24H24N4O2.ClH/c1-27-21-10-13-25-12-9-19(21)20-7-8-22(26-24(20)27)28-14-11-18(15-23(28)29)30-16-17-5-3-2-4-6-17;/h2-8,11,14-15,25H,9-10,12-13,16H2,1H3;1H. The number of ether oxygens (including phenoxy) is 1. The van der Waals surface area contributed by atoms with E-state index in [1.54, 1.807) is 10.8 Å².